The Kier molecular flexibility index (Phi) is 5.94. The predicted molar refractivity (Wildman–Crippen MR) is 145 cm³/mol. The van der Waals surface area contributed by atoms with Crippen molar-refractivity contribution in [2.24, 2.45) is 7.05 Å². The van der Waals surface area contributed by atoms with Gasteiger partial charge in [0.1, 0.15) is 11.7 Å². The van der Waals surface area contributed by atoms with Gasteiger partial charge in [0.15, 0.2) is 11.6 Å². The molecule has 0 saturated carbocycles. The SMILES string of the molecule is Cc1cc(-c2ccccc2)c(C(=O)C(=O)Nc2ccc3c(c2)C(=O)C2CN(c4ncc(F)cn4)CCN32)n1C. The van der Waals surface area contributed by atoms with Crippen molar-refractivity contribution >= 4 is 34.8 Å². The van der Waals surface area contributed by atoms with Crippen LogP contribution in [-0.4, -0.2) is 57.7 Å². The highest BCUT2D eigenvalue weighted by molar-refractivity contribution is 6.47. The summed E-state index contributed by atoms with van der Waals surface area (Å²) in [7, 11) is 1.76. The number of carbonyl (C=O) groups is 3. The number of amides is 1. The van der Waals surface area contributed by atoms with Crippen molar-refractivity contribution in [3.05, 3.63) is 89.8 Å². The van der Waals surface area contributed by atoms with Crippen LogP contribution >= 0.6 is 0 Å². The predicted octanol–water partition coefficient (Wildman–Crippen LogP) is 3.64. The van der Waals surface area contributed by atoms with Crippen molar-refractivity contribution < 1.29 is 18.8 Å². The number of nitrogens with zero attached hydrogens (tertiary/aromatic N) is 5. The van der Waals surface area contributed by atoms with Crippen LogP contribution in [0, 0.1) is 12.7 Å². The number of benzene rings is 2. The number of fused-ring (bicyclic) bond motifs is 3. The Morgan fingerprint density at radius 3 is 2.49 bits per heavy atom. The maximum Gasteiger partial charge on any atom is 0.298 e. The van der Waals surface area contributed by atoms with Crippen molar-refractivity contribution in [2.75, 3.05) is 34.8 Å². The molecule has 9 nitrogen and oxygen atoms in total. The molecular formula is C29H25FN6O3. The van der Waals surface area contributed by atoms with Gasteiger partial charge in [0.2, 0.25) is 5.95 Å². The molecule has 10 heteroatoms. The summed E-state index contributed by atoms with van der Waals surface area (Å²) < 4.78 is 15.0. The molecule has 4 heterocycles. The number of anilines is 3. The highest BCUT2D eigenvalue weighted by Gasteiger charge is 2.41. The maximum atomic E-state index is 13.4. The number of carbonyl (C=O) groups excluding carboxylic acids is 3. The van der Waals surface area contributed by atoms with Gasteiger partial charge in [-0.05, 0) is 36.8 Å². The first-order chi connectivity index (χ1) is 18.8. The first-order valence-electron chi connectivity index (χ1n) is 12.6. The van der Waals surface area contributed by atoms with Crippen molar-refractivity contribution in [2.45, 2.75) is 13.0 Å². The van der Waals surface area contributed by atoms with E-state index in [4.69, 9.17) is 0 Å². The van der Waals surface area contributed by atoms with E-state index in [0.29, 0.717) is 48.1 Å². The molecule has 1 saturated heterocycles. The lowest BCUT2D eigenvalue weighted by atomic mass is 10.0. The first kappa shape index (κ1) is 24.5. The highest BCUT2D eigenvalue weighted by Crippen LogP contribution is 2.36. The number of hydrogen-bond acceptors (Lipinski definition) is 7. The van der Waals surface area contributed by atoms with Gasteiger partial charge < -0.3 is 19.7 Å². The van der Waals surface area contributed by atoms with Crippen LogP contribution in [0.5, 0.6) is 0 Å². The van der Waals surface area contributed by atoms with Gasteiger partial charge in [-0.15, -0.1) is 0 Å². The number of rotatable bonds is 5. The van der Waals surface area contributed by atoms with Crippen LogP contribution in [0.4, 0.5) is 21.7 Å². The third kappa shape index (κ3) is 4.23. The summed E-state index contributed by atoms with van der Waals surface area (Å²) in [4.78, 5) is 51.7. The third-order valence-corrected chi connectivity index (χ3v) is 7.38. The molecule has 0 aliphatic carbocycles. The van der Waals surface area contributed by atoms with E-state index in [1.165, 1.54) is 0 Å². The number of nitrogens with one attached hydrogen (secondary N) is 1. The Morgan fingerprint density at radius 1 is 1.00 bits per heavy atom. The molecule has 1 atom stereocenters. The minimum absolute atomic E-state index is 0.0938. The number of hydrogen-bond donors (Lipinski definition) is 1. The fourth-order valence-electron chi connectivity index (χ4n) is 5.33. The average Bonchev–Trinajstić information content (AvgIpc) is 3.41. The second-order valence-electron chi connectivity index (χ2n) is 9.71. The van der Waals surface area contributed by atoms with Crippen molar-refractivity contribution in [1.29, 1.82) is 0 Å². The van der Waals surface area contributed by atoms with Gasteiger partial charge in [-0.2, -0.15) is 0 Å². The normalized spacial score (nSPS) is 16.2. The van der Waals surface area contributed by atoms with Gasteiger partial charge in [0, 0.05) is 54.9 Å². The summed E-state index contributed by atoms with van der Waals surface area (Å²) in [5, 5.41) is 2.69. The lowest BCUT2D eigenvalue weighted by molar-refractivity contribution is -0.112. The monoisotopic (exact) mass is 524 g/mol. The van der Waals surface area contributed by atoms with Crippen LogP contribution in [0.25, 0.3) is 11.1 Å². The van der Waals surface area contributed by atoms with Crippen LogP contribution in [-0.2, 0) is 11.8 Å². The molecular weight excluding hydrogens is 499 g/mol. The molecule has 1 fully saturated rings. The van der Waals surface area contributed by atoms with Gasteiger partial charge in [-0.25, -0.2) is 14.4 Å². The molecule has 2 aliphatic heterocycles. The van der Waals surface area contributed by atoms with Crippen molar-refractivity contribution in [3.63, 3.8) is 0 Å². The molecule has 6 rings (SSSR count). The summed E-state index contributed by atoms with van der Waals surface area (Å²) in [6.45, 7) is 3.37. The van der Waals surface area contributed by atoms with Gasteiger partial charge in [0.25, 0.3) is 11.7 Å². The van der Waals surface area contributed by atoms with Crippen molar-refractivity contribution in [1.82, 2.24) is 14.5 Å². The fourth-order valence-corrected chi connectivity index (χ4v) is 5.33. The number of aromatic nitrogens is 3. The summed E-state index contributed by atoms with van der Waals surface area (Å²) in [5.41, 5.74) is 4.30. The largest absolute Gasteiger partial charge is 0.357 e. The molecule has 39 heavy (non-hydrogen) atoms. The van der Waals surface area contributed by atoms with Crippen molar-refractivity contribution in [3.8, 4) is 11.1 Å². The molecule has 4 aromatic rings. The van der Waals surface area contributed by atoms with Crippen LogP contribution in [0.1, 0.15) is 26.5 Å². The molecule has 0 bridgehead atoms. The summed E-state index contributed by atoms with van der Waals surface area (Å²) in [6.07, 6.45) is 2.21. The summed E-state index contributed by atoms with van der Waals surface area (Å²) >= 11 is 0. The zero-order valence-corrected chi connectivity index (χ0v) is 21.4. The van der Waals surface area contributed by atoms with E-state index >= 15 is 0 Å². The number of aryl methyl sites for hydroxylation is 1. The number of Topliss-reactive ketones (excluding diaryl/α,β-unsaturated/α-hetero) is 2. The molecule has 2 aromatic carbocycles. The first-order valence-corrected chi connectivity index (χ1v) is 12.6. The van der Waals surface area contributed by atoms with Crippen LogP contribution in [0.2, 0.25) is 0 Å². The van der Waals surface area contributed by atoms with E-state index in [-0.39, 0.29) is 5.78 Å². The van der Waals surface area contributed by atoms with Crippen LogP contribution in [0.3, 0.4) is 0 Å². The van der Waals surface area contributed by atoms with E-state index in [0.717, 1.165) is 29.3 Å². The molecule has 0 radical (unpaired) electrons. The minimum atomic E-state index is -0.781. The van der Waals surface area contributed by atoms with E-state index in [1.54, 1.807) is 29.8 Å². The van der Waals surface area contributed by atoms with Gasteiger partial charge in [-0.1, -0.05) is 30.3 Å². The number of halogens is 1. The van der Waals surface area contributed by atoms with Gasteiger partial charge >= 0.3 is 0 Å². The molecule has 0 spiro atoms. The quantitative estimate of drug-likeness (QED) is 0.314. The summed E-state index contributed by atoms with van der Waals surface area (Å²) in [5.74, 6) is -1.69. The zero-order valence-electron chi connectivity index (χ0n) is 21.4. The minimum Gasteiger partial charge on any atom is -0.357 e. The van der Waals surface area contributed by atoms with E-state index in [9.17, 15) is 18.8 Å². The van der Waals surface area contributed by atoms with Crippen LogP contribution in [0.15, 0.2) is 67.0 Å². The average molecular weight is 525 g/mol. The Morgan fingerprint density at radius 2 is 1.74 bits per heavy atom. The lowest BCUT2D eigenvalue weighted by Gasteiger charge is -2.38. The Balaban J connectivity index is 1.22. The lowest BCUT2D eigenvalue weighted by Crippen LogP contribution is -2.54. The molecule has 1 amide bonds. The fraction of sp³-hybridized carbons (Fsp3) is 0.207. The van der Waals surface area contributed by atoms with E-state index in [1.807, 2.05) is 53.1 Å². The Labute approximate surface area is 223 Å². The molecule has 2 aliphatic rings. The second-order valence-corrected chi connectivity index (χ2v) is 9.71. The Bertz CT molecular complexity index is 1620. The molecule has 1 N–H and O–H groups in total. The third-order valence-electron chi connectivity index (χ3n) is 7.38. The Hall–Kier alpha value is -4.86. The smallest absolute Gasteiger partial charge is 0.298 e. The van der Waals surface area contributed by atoms with Gasteiger partial charge in [-0.3, -0.25) is 14.4 Å². The van der Waals surface area contributed by atoms with Gasteiger partial charge in [0.05, 0.1) is 12.4 Å². The molecule has 1 unspecified atom stereocenters. The number of ketones is 2. The number of piperazine rings is 1. The maximum absolute atomic E-state index is 13.4. The van der Waals surface area contributed by atoms with Crippen LogP contribution < -0.4 is 15.1 Å². The molecule has 196 valence electrons. The summed E-state index contributed by atoms with van der Waals surface area (Å²) in [6, 6.07) is 16.0. The highest BCUT2D eigenvalue weighted by atomic mass is 19.1. The van der Waals surface area contributed by atoms with E-state index in [2.05, 4.69) is 15.3 Å². The second kappa shape index (κ2) is 9.46. The van der Waals surface area contributed by atoms with E-state index < -0.39 is 23.5 Å². The topological polar surface area (TPSA) is 100 Å². The molecule has 2 aromatic heterocycles. The standard InChI is InChI=1S/C29H25FN6O3/c1-17-12-21(18-6-4-3-5-7-18)25(34(17)2)27(38)28(39)33-20-8-9-23-22(13-20)26(37)24-16-35(10-11-36(23)24)29-31-14-19(30)15-32-29/h3-9,12-15,24H,10-11,16H2,1-2H3,(H,33,39). The zero-order chi connectivity index (χ0) is 27.3.